The van der Waals surface area contributed by atoms with Gasteiger partial charge in [-0.25, -0.2) is 0 Å². The van der Waals surface area contributed by atoms with Crippen LogP contribution in [-0.2, 0) is 28.5 Å². The third kappa shape index (κ3) is 9.15. The molecule has 6 heteroatoms. The van der Waals surface area contributed by atoms with Crippen LogP contribution in [0.15, 0.2) is 24.0 Å². The minimum atomic E-state index is -0.446. The van der Waals surface area contributed by atoms with E-state index in [1.165, 1.54) is 6.92 Å². The Hall–Kier alpha value is -1.66. The summed E-state index contributed by atoms with van der Waals surface area (Å²) in [6.45, 7) is 9.50. The molecular weight excluding hydrogens is 336 g/mol. The molecule has 0 fully saturated rings. The molecule has 1 aliphatic rings. The maximum Gasteiger partial charge on any atom is 0.308 e. The van der Waals surface area contributed by atoms with Gasteiger partial charge in [-0.1, -0.05) is 31.6 Å². The Balaban J connectivity index is 2.85. The summed E-state index contributed by atoms with van der Waals surface area (Å²) in [6.07, 6.45) is 4.89. The number of cyclic esters (lactones) is 1. The topological polar surface area (TPSA) is 71.1 Å². The first-order valence-electron chi connectivity index (χ1n) is 9.19. The van der Waals surface area contributed by atoms with Gasteiger partial charge in [0.05, 0.1) is 25.2 Å². The highest BCUT2D eigenvalue weighted by Gasteiger charge is 2.24. The zero-order valence-electron chi connectivity index (χ0n) is 16.4. The van der Waals surface area contributed by atoms with Crippen molar-refractivity contribution in [2.24, 2.45) is 0 Å². The lowest BCUT2D eigenvalue weighted by molar-refractivity contribution is -0.154. The summed E-state index contributed by atoms with van der Waals surface area (Å²) in [5.74, 6) is -0.469. The standard InChI is InChI=1S/C20H32O6/c1-6-7-17-12-18(23-5)10-14(2)8-9-24-19(13-20(22)26-17)11-15(3)25-16(4)21/h8,17-19H,3,6-7,9-13H2,1-2,4-5H3/b14-8-/t17-,18-,19+/m0/s1. The maximum absolute atomic E-state index is 12.4. The molecule has 26 heavy (non-hydrogen) atoms. The number of hydrogen-bond acceptors (Lipinski definition) is 6. The van der Waals surface area contributed by atoms with Gasteiger partial charge in [0.2, 0.25) is 0 Å². The van der Waals surface area contributed by atoms with Crippen molar-refractivity contribution < 1.29 is 28.5 Å². The van der Waals surface area contributed by atoms with E-state index in [9.17, 15) is 9.59 Å². The van der Waals surface area contributed by atoms with Crippen molar-refractivity contribution in [2.75, 3.05) is 13.7 Å². The van der Waals surface area contributed by atoms with E-state index < -0.39 is 12.1 Å². The summed E-state index contributed by atoms with van der Waals surface area (Å²) in [7, 11) is 1.68. The van der Waals surface area contributed by atoms with Gasteiger partial charge in [-0.2, -0.15) is 0 Å². The molecule has 0 aromatic heterocycles. The number of carbonyl (C=O) groups is 2. The zero-order valence-corrected chi connectivity index (χ0v) is 16.4. The first-order valence-corrected chi connectivity index (χ1v) is 9.19. The van der Waals surface area contributed by atoms with E-state index in [1.54, 1.807) is 7.11 Å². The molecule has 6 nitrogen and oxygen atoms in total. The van der Waals surface area contributed by atoms with E-state index >= 15 is 0 Å². The Morgan fingerprint density at radius 3 is 2.69 bits per heavy atom. The number of carbonyl (C=O) groups excluding carboxylic acids is 2. The van der Waals surface area contributed by atoms with Gasteiger partial charge in [0.1, 0.15) is 11.9 Å². The van der Waals surface area contributed by atoms with Gasteiger partial charge in [0, 0.05) is 26.9 Å². The fourth-order valence-corrected chi connectivity index (χ4v) is 2.98. The van der Waals surface area contributed by atoms with Gasteiger partial charge in [0.15, 0.2) is 0 Å². The third-order valence-corrected chi connectivity index (χ3v) is 4.22. The average molecular weight is 368 g/mol. The summed E-state index contributed by atoms with van der Waals surface area (Å²) in [5, 5.41) is 0. The summed E-state index contributed by atoms with van der Waals surface area (Å²) in [5.41, 5.74) is 1.16. The smallest absolute Gasteiger partial charge is 0.308 e. The quantitative estimate of drug-likeness (QED) is 0.404. The lowest BCUT2D eigenvalue weighted by Gasteiger charge is -2.25. The first kappa shape index (κ1) is 22.4. The van der Waals surface area contributed by atoms with E-state index in [0.717, 1.165) is 24.8 Å². The summed E-state index contributed by atoms with van der Waals surface area (Å²) < 4.78 is 22.0. The molecule has 0 radical (unpaired) electrons. The molecular formula is C20H32O6. The van der Waals surface area contributed by atoms with Gasteiger partial charge in [-0.3, -0.25) is 9.59 Å². The van der Waals surface area contributed by atoms with Crippen molar-refractivity contribution in [3.8, 4) is 0 Å². The summed E-state index contributed by atoms with van der Waals surface area (Å²) in [6, 6.07) is 0. The number of esters is 2. The molecule has 0 aliphatic carbocycles. The number of methoxy groups -OCH3 is 1. The van der Waals surface area contributed by atoms with E-state index in [-0.39, 0.29) is 36.8 Å². The number of rotatable bonds is 6. The van der Waals surface area contributed by atoms with Gasteiger partial charge in [0.25, 0.3) is 0 Å². The predicted molar refractivity (Wildman–Crippen MR) is 98.5 cm³/mol. The lowest BCUT2D eigenvalue weighted by Crippen LogP contribution is -2.28. The lowest BCUT2D eigenvalue weighted by atomic mass is 10.0. The zero-order chi connectivity index (χ0) is 19.5. The van der Waals surface area contributed by atoms with Crippen molar-refractivity contribution >= 4 is 11.9 Å². The molecule has 0 unspecified atom stereocenters. The second-order valence-corrected chi connectivity index (χ2v) is 6.74. The Labute approximate surface area is 156 Å². The Bertz CT molecular complexity index is 510. The second-order valence-electron chi connectivity index (χ2n) is 6.74. The minimum Gasteiger partial charge on any atom is -0.462 e. The average Bonchev–Trinajstić information content (AvgIpc) is 2.52. The largest absolute Gasteiger partial charge is 0.462 e. The predicted octanol–water partition coefficient (Wildman–Crippen LogP) is 3.70. The number of hydrogen-bond donors (Lipinski definition) is 0. The van der Waals surface area contributed by atoms with Crippen LogP contribution in [0.2, 0.25) is 0 Å². The van der Waals surface area contributed by atoms with Crippen LogP contribution in [0.5, 0.6) is 0 Å². The molecule has 148 valence electrons. The van der Waals surface area contributed by atoms with E-state index in [2.05, 4.69) is 13.5 Å². The second kappa shape index (κ2) is 11.9. The molecule has 0 bridgehead atoms. The molecule has 0 amide bonds. The van der Waals surface area contributed by atoms with Crippen molar-refractivity contribution in [3.05, 3.63) is 24.0 Å². The van der Waals surface area contributed by atoms with Crippen LogP contribution in [-0.4, -0.2) is 44.0 Å². The molecule has 0 N–H and O–H groups in total. The van der Waals surface area contributed by atoms with E-state index in [0.29, 0.717) is 13.0 Å². The molecule has 3 atom stereocenters. The Morgan fingerprint density at radius 2 is 2.08 bits per heavy atom. The van der Waals surface area contributed by atoms with Crippen LogP contribution in [0.4, 0.5) is 0 Å². The van der Waals surface area contributed by atoms with Crippen LogP contribution in [0.1, 0.15) is 59.3 Å². The SMILES string of the molecule is C=C(C[C@@H]1CC(=O)O[C@@H](CCC)C[C@@H](OC)C/C(C)=C\CO1)OC(C)=O. The van der Waals surface area contributed by atoms with E-state index in [4.69, 9.17) is 18.9 Å². The van der Waals surface area contributed by atoms with Crippen LogP contribution < -0.4 is 0 Å². The van der Waals surface area contributed by atoms with Gasteiger partial charge < -0.3 is 18.9 Å². The highest BCUT2D eigenvalue weighted by atomic mass is 16.6. The van der Waals surface area contributed by atoms with Gasteiger partial charge >= 0.3 is 11.9 Å². The van der Waals surface area contributed by atoms with E-state index in [1.807, 2.05) is 13.0 Å². The Kier molecular flexibility index (Phi) is 10.2. The molecule has 0 aromatic carbocycles. The molecule has 1 heterocycles. The molecule has 1 aliphatic heterocycles. The molecule has 0 spiro atoms. The minimum absolute atomic E-state index is 0.00886. The van der Waals surface area contributed by atoms with Crippen molar-refractivity contribution in [1.82, 2.24) is 0 Å². The summed E-state index contributed by atoms with van der Waals surface area (Å²) >= 11 is 0. The van der Waals surface area contributed by atoms with Crippen molar-refractivity contribution in [2.45, 2.75) is 77.6 Å². The molecule has 0 saturated carbocycles. The monoisotopic (exact) mass is 368 g/mol. The molecule has 0 aromatic rings. The van der Waals surface area contributed by atoms with Gasteiger partial charge in [-0.05, 0) is 19.8 Å². The normalized spacial score (nSPS) is 27.3. The van der Waals surface area contributed by atoms with Crippen LogP contribution in [0, 0.1) is 0 Å². The highest BCUT2D eigenvalue weighted by molar-refractivity contribution is 5.70. The highest BCUT2D eigenvalue weighted by Crippen LogP contribution is 2.21. The maximum atomic E-state index is 12.4. The van der Waals surface area contributed by atoms with Crippen molar-refractivity contribution in [1.29, 1.82) is 0 Å². The Morgan fingerprint density at radius 1 is 1.35 bits per heavy atom. The third-order valence-electron chi connectivity index (χ3n) is 4.22. The van der Waals surface area contributed by atoms with Gasteiger partial charge in [-0.15, -0.1) is 0 Å². The number of ether oxygens (including phenoxy) is 4. The van der Waals surface area contributed by atoms with Crippen LogP contribution in [0.25, 0.3) is 0 Å². The molecule has 1 rings (SSSR count). The van der Waals surface area contributed by atoms with Crippen molar-refractivity contribution in [3.63, 3.8) is 0 Å². The fourth-order valence-electron chi connectivity index (χ4n) is 2.98. The van der Waals surface area contributed by atoms with Crippen LogP contribution >= 0.6 is 0 Å². The first-order chi connectivity index (χ1) is 12.3. The summed E-state index contributed by atoms with van der Waals surface area (Å²) in [4.78, 5) is 23.4. The molecule has 0 saturated heterocycles. The van der Waals surface area contributed by atoms with Crippen LogP contribution in [0.3, 0.4) is 0 Å². The fraction of sp³-hybridized carbons (Fsp3) is 0.700.